The first-order chi connectivity index (χ1) is 16.7. The summed E-state index contributed by atoms with van der Waals surface area (Å²) in [5.41, 5.74) is 3.62. The van der Waals surface area contributed by atoms with E-state index in [0.29, 0.717) is 17.5 Å². The molecule has 6 rings (SSSR count). The van der Waals surface area contributed by atoms with E-state index in [1.807, 2.05) is 53.4 Å². The molecule has 0 saturated heterocycles. The van der Waals surface area contributed by atoms with Crippen LogP contribution in [-0.2, 0) is 26.1 Å². The van der Waals surface area contributed by atoms with Crippen LogP contribution in [0.15, 0.2) is 97.8 Å². The molecule has 0 fully saturated rings. The van der Waals surface area contributed by atoms with E-state index in [-0.39, 0.29) is 67.5 Å². The largest absolute Gasteiger partial charge is 1.00 e. The molecule has 4 heterocycles. The first-order valence-corrected chi connectivity index (χ1v) is 11.2. The van der Waals surface area contributed by atoms with Crippen LogP contribution < -0.4 is 62.2 Å². The molecule has 1 aliphatic heterocycles. The molecule has 0 spiro atoms. The number of aromatic nitrogens is 3. The maximum atomic E-state index is 11.4. The topological polar surface area (TPSA) is 99.1 Å². The summed E-state index contributed by atoms with van der Waals surface area (Å²) in [7, 11) is 0. The molecular formula is C26H26BBrN4NaO4. The molecule has 11 heteroatoms. The van der Waals surface area contributed by atoms with Crippen molar-refractivity contribution in [2.24, 2.45) is 0 Å². The van der Waals surface area contributed by atoms with Crippen molar-refractivity contribution < 1.29 is 61.6 Å². The van der Waals surface area contributed by atoms with Crippen LogP contribution in [0.5, 0.6) is 0 Å². The summed E-state index contributed by atoms with van der Waals surface area (Å²) in [6.07, 6.45) is 4.47. The fourth-order valence-electron chi connectivity index (χ4n) is 4.10. The molecule has 3 radical (unpaired) electrons. The average Bonchev–Trinajstić information content (AvgIpc) is 3.42. The van der Waals surface area contributed by atoms with Gasteiger partial charge >= 0.3 is 29.6 Å². The molecule has 5 aromatic rings. The van der Waals surface area contributed by atoms with Crippen molar-refractivity contribution in [3.8, 4) is 0 Å². The van der Waals surface area contributed by atoms with Crippen molar-refractivity contribution >= 4 is 19.4 Å². The minimum absolute atomic E-state index is 0. The third kappa shape index (κ3) is 7.69. The molecule has 8 nitrogen and oxygen atoms in total. The minimum Gasteiger partial charge on any atom is -1.00 e. The fraction of sp³-hybridized carbons (Fsp3) is 0.192. The van der Waals surface area contributed by atoms with Crippen LogP contribution in [-0.4, -0.2) is 30.2 Å². The Bertz CT molecular complexity index is 1510. The summed E-state index contributed by atoms with van der Waals surface area (Å²) >= 11 is 0. The zero-order valence-corrected chi connectivity index (χ0v) is 24.1. The SMILES string of the molecule is O=c1[nH]oc2c1CCN(Cc1ccccc1)C2.O=c1[nH]oc2c[n+](Cc3ccccc3)ccc12.[B].[Br-].[H-].[Na+]. The number of pyridine rings is 1. The van der Waals surface area contributed by atoms with Crippen LogP contribution in [0.1, 0.15) is 23.9 Å². The van der Waals surface area contributed by atoms with Crippen LogP contribution in [0.3, 0.4) is 0 Å². The van der Waals surface area contributed by atoms with Gasteiger partial charge in [-0.05, 0) is 12.0 Å². The molecule has 0 amide bonds. The second-order valence-electron chi connectivity index (χ2n) is 8.30. The normalized spacial score (nSPS) is 12.2. The summed E-state index contributed by atoms with van der Waals surface area (Å²) in [6.45, 7) is 3.27. The Kier molecular flexibility index (Phi) is 11.9. The van der Waals surface area contributed by atoms with Gasteiger partial charge in [-0.2, -0.15) is 14.9 Å². The van der Waals surface area contributed by atoms with Crippen molar-refractivity contribution in [1.29, 1.82) is 0 Å². The number of nitrogens with zero attached hydrogens (tertiary/aromatic N) is 2. The number of rotatable bonds is 4. The van der Waals surface area contributed by atoms with Gasteiger partial charge in [-0.25, -0.2) is 0 Å². The predicted molar refractivity (Wildman–Crippen MR) is 133 cm³/mol. The van der Waals surface area contributed by atoms with Crippen LogP contribution >= 0.6 is 0 Å². The first-order valence-electron chi connectivity index (χ1n) is 11.2. The van der Waals surface area contributed by atoms with Gasteiger partial charge in [0.15, 0.2) is 18.5 Å². The minimum atomic E-state index is -0.188. The number of hydrogen-bond donors (Lipinski definition) is 2. The summed E-state index contributed by atoms with van der Waals surface area (Å²) < 4.78 is 12.2. The van der Waals surface area contributed by atoms with Crippen LogP contribution in [0.2, 0.25) is 0 Å². The van der Waals surface area contributed by atoms with Crippen molar-refractivity contribution in [1.82, 2.24) is 15.2 Å². The second-order valence-corrected chi connectivity index (χ2v) is 8.30. The van der Waals surface area contributed by atoms with Crippen LogP contribution in [0.25, 0.3) is 11.0 Å². The monoisotopic (exact) mass is 571 g/mol. The molecule has 0 saturated carbocycles. The Morgan fingerprint density at radius 1 is 0.892 bits per heavy atom. The Morgan fingerprint density at radius 3 is 2.24 bits per heavy atom. The van der Waals surface area contributed by atoms with Gasteiger partial charge in [-0.1, -0.05) is 60.7 Å². The van der Waals surface area contributed by atoms with E-state index in [0.717, 1.165) is 37.4 Å². The van der Waals surface area contributed by atoms with E-state index >= 15 is 0 Å². The van der Waals surface area contributed by atoms with Crippen molar-refractivity contribution in [2.45, 2.75) is 26.1 Å². The number of fused-ring (bicyclic) bond motifs is 2. The van der Waals surface area contributed by atoms with E-state index in [2.05, 4.69) is 39.5 Å². The molecule has 3 aromatic heterocycles. The van der Waals surface area contributed by atoms with Gasteiger partial charge in [0.05, 0.1) is 17.5 Å². The van der Waals surface area contributed by atoms with Gasteiger partial charge in [-0.15, -0.1) is 0 Å². The van der Waals surface area contributed by atoms with E-state index < -0.39 is 0 Å². The Hall–Kier alpha value is -2.63. The van der Waals surface area contributed by atoms with Crippen molar-refractivity contribution in [2.75, 3.05) is 6.54 Å². The molecule has 2 aromatic carbocycles. The smallest absolute Gasteiger partial charge is 1.00 e. The number of halogens is 1. The molecule has 0 bridgehead atoms. The van der Waals surface area contributed by atoms with Gasteiger partial charge in [-0.3, -0.25) is 14.5 Å². The zero-order valence-electron chi connectivity index (χ0n) is 21.5. The molecule has 37 heavy (non-hydrogen) atoms. The van der Waals surface area contributed by atoms with Gasteiger partial charge in [0.1, 0.15) is 0 Å². The zero-order chi connectivity index (χ0) is 23.3. The molecule has 1 aliphatic rings. The van der Waals surface area contributed by atoms with Gasteiger partial charge in [0.25, 0.3) is 11.1 Å². The van der Waals surface area contributed by atoms with E-state index in [4.69, 9.17) is 9.05 Å². The summed E-state index contributed by atoms with van der Waals surface area (Å²) in [6, 6.07) is 22.2. The molecular weight excluding hydrogens is 546 g/mol. The standard InChI is InChI=1S/C13H14N2O2.C13H10N2O2.B.BrH.Na.H/c2*16-13-11-6-7-15(9-12(11)17-14-13)8-10-4-2-1-3-5-10;;;;/h1-5H,6-9H2,(H,14,16);1-7,9H,8H2;;1H;;/q;;;;+1;-1. The quantitative estimate of drug-likeness (QED) is 0.174. The third-order valence-corrected chi connectivity index (χ3v) is 5.86. The van der Waals surface area contributed by atoms with E-state index in [1.165, 1.54) is 11.1 Å². The Morgan fingerprint density at radius 2 is 1.54 bits per heavy atom. The number of benzene rings is 2. The second kappa shape index (κ2) is 14.3. The Balaban J connectivity index is 0.000000344. The van der Waals surface area contributed by atoms with Gasteiger partial charge in [0.2, 0.25) is 11.8 Å². The molecule has 2 N–H and O–H groups in total. The molecule has 185 valence electrons. The van der Waals surface area contributed by atoms with E-state index in [9.17, 15) is 9.59 Å². The predicted octanol–water partition coefficient (Wildman–Crippen LogP) is -3.28. The number of hydrogen-bond acceptors (Lipinski definition) is 5. The number of nitrogens with one attached hydrogen (secondary N) is 2. The maximum Gasteiger partial charge on any atom is 1.00 e. The van der Waals surface area contributed by atoms with E-state index in [1.54, 1.807) is 6.07 Å². The van der Waals surface area contributed by atoms with Crippen LogP contribution in [0, 0.1) is 0 Å². The number of aromatic amines is 2. The van der Waals surface area contributed by atoms with Crippen LogP contribution in [0.4, 0.5) is 0 Å². The molecule has 0 unspecified atom stereocenters. The van der Waals surface area contributed by atoms with Crippen molar-refractivity contribution in [3.63, 3.8) is 0 Å². The summed E-state index contributed by atoms with van der Waals surface area (Å²) in [5.74, 6) is 0.789. The molecule has 0 atom stereocenters. The fourth-order valence-corrected chi connectivity index (χ4v) is 4.10. The first kappa shape index (κ1) is 30.6. The third-order valence-electron chi connectivity index (χ3n) is 5.86. The van der Waals surface area contributed by atoms with Gasteiger partial charge < -0.3 is 27.5 Å². The number of H-pyrrole nitrogens is 2. The molecule has 0 aliphatic carbocycles. The summed E-state index contributed by atoms with van der Waals surface area (Å²) in [5, 5.41) is 5.31. The summed E-state index contributed by atoms with van der Waals surface area (Å²) in [4.78, 5) is 24.9. The van der Waals surface area contributed by atoms with Crippen molar-refractivity contribution in [3.05, 3.63) is 122 Å². The Labute approximate surface area is 249 Å². The average molecular weight is 572 g/mol. The van der Waals surface area contributed by atoms with Gasteiger partial charge in [0, 0.05) is 33.1 Å². The maximum absolute atomic E-state index is 11.4.